The van der Waals surface area contributed by atoms with E-state index in [-0.39, 0.29) is 29.4 Å². The molecule has 1 heterocycles. The fourth-order valence-electron chi connectivity index (χ4n) is 2.28. The molecule has 0 saturated heterocycles. The van der Waals surface area contributed by atoms with Crippen molar-refractivity contribution in [2.75, 3.05) is 13.2 Å². The molecule has 0 fully saturated rings. The minimum Gasteiger partial charge on any atom is -0.493 e. The highest BCUT2D eigenvalue weighted by atomic mass is 19.2. The summed E-state index contributed by atoms with van der Waals surface area (Å²) in [7, 11) is 0. The Kier molecular flexibility index (Phi) is 4.60. The van der Waals surface area contributed by atoms with Crippen molar-refractivity contribution < 1.29 is 27.4 Å². The van der Waals surface area contributed by atoms with Crippen LogP contribution in [0.5, 0.6) is 17.2 Å². The van der Waals surface area contributed by atoms with E-state index in [1.54, 1.807) is 0 Å². The zero-order valence-corrected chi connectivity index (χ0v) is 12.3. The molecule has 0 bridgehead atoms. The second-order valence-corrected chi connectivity index (χ2v) is 5.12. The molecule has 1 aliphatic heterocycles. The second-order valence-electron chi connectivity index (χ2n) is 5.12. The van der Waals surface area contributed by atoms with Crippen molar-refractivity contribution in [2.24, 2.45) is 0 Å². The fourth-order valence-corrected chi connectivity index (χ4v) is 2.28. The SMILES string of the molecule is Fc1ccc2c(c1)OCCCCOc1ccc(F)c(F)c1CO2. The summed E-state index contributed by atoms with van der Waals surface area (Å²) in [6.45, 7) is 0.478. The minimum absolute atomic E-state index is 0.0131. The molecule has 0 amide bonds. The lowest BCUT2D eigenvalue weighted by Crippen LogP contribution is -2.10. The molecular formula is C17H15F3O3. The van der Waals surface area contributed by atoms with Gasteiger partial charge in [0.2, 0.25) is 0 Å². The molecule has 2 aromatic rings. The Hall–Kier alpha value is -2.37. The summed E-state index contributed by atoms with van der Waals surface area (Å²) in [6.07, 6.45) is 1.35. The van der Waals surface area contributed by atoms with Crippen LogP contribution >= 0.6 is 0 Å². The van der Waals surface area contributed by atoms with Crippen LogP contribution in [0.2, 0.25) is 0 Å². The standard InChI is InChI=1S/C17H15F3O3/c18-11-3-5-15-16(9-11)22-8-2-1-7-21-14-6-4-13(19)17(20)12(14)10-23-15/h3-6,9H,1-2,7-8,10H2. The van der Waals surface area contributed by atoms with Crippen LogP contribution in [-0.2, 0) is 6.61 Å². The molecule has 0 unspecified atom stereocenters. The van der Waals surface area contributed by atoms with E-state index in [0.29, 0.717) is 26.1 Å². The topological polar surface area (TPSA) is 27.7 Å². The van der Waals surface area contributed by atoms with E-state index in [1.165, 1.54) is 24.3 Å². The first-order valence-corrected chi connectivity index (χ1v) is 7.30. The van der Waals surface area contributed by atoms with Gasteiger partial charge in [-0.05, 0) is 37.1 Å². The highest BCUT2D eigenvalue weighted by molar-refractivity contribution is 5.41. The molecule has 1 aliphatic rings. The minimum atomic E-state index is -1.01. The molecule has 122 valence electrons. The van der Waals surface area contributed by atoms with Crippen LogP contribution in [0.15, 0.2) is 30.3 Å². The van der Waals surface area contributed by atoms with Crippen molar-refractivity contribution in [3.8, 4) is 17.2 Å². The van der Waals surface area contributed by atoms with E-state index in [0.717, 1.165) is 6.07 Å². The zero-order valence-electron chi connectivity index (χ0n) is 12.3. The molecule has 0 saturated carbocycles. The lowest BCUT2D eigenvalue weighted by Gasteiger charge is -2.17. The summed E-state index contributed by atoms with van der Waals surface area (Å²) < 4.78 is 57.3. The third-order valence-corrected chi connectivity index (χ3v) is 3.48. The van der Waals surface area contributed by atoms with Gasteiger partial charge in [-0.2, -0.15) is 0 Å². The van der Waals surface area contributed by atoms with E-state index in [9.17, 15) is 13.2 Å². The van der Waals surface area contributed by atoms with Gasteiger partial charge in [0.1, 0.15) is 18.2 Å². The van der Waals surface area contributed by atoms with Crippen LogP contribution in [0.3, 0.4) is 0 Å². The normalized spacial score (nSPS) is 14.9. The van der Waals surface area contributed by atoms with Gasteiger partial charge in [0.25, 0.3) is 0 Å². The Bertz CT molecular complexity index is 704. The van der Waals surface area contributed by atoms with Crippen LogP contribution in [0.25, 0.3) is 0 Å². The Morgan fingerprint density at radius 3 is 2.22 bits per heavy atom. The Morgan fingerprint density at radius 1 is 0.739 bits per heavy atom. The van der Waals surface area contributed by atoms with Gasteiger partial charge in [-0.1, -0.05) is 0 Å². The predicted octanol–water partition coefficient (Wildman–Crippen LogP) is 4.23. The van der Waals surface area contributed by atoms with E-state index >= 15 is 0 Å². The first-order valence-electron chi connectivity index (χ1n) is 7.30. The van der Waals surface area contributed by atoms with Crippen molar-refractivity contribution in [1.29, 1.82) is 0 Å². The van der Waals surface area contributed by atoms with Gasteiger partial charge in [0.05, 0.1) is 18.8 Å². The second kappa shape index (κ2) is 6.81. The predicted molar refractivity (Wildman–Crippen MR) is 77.3 cm³/mol. The maximum Gasteiger partial charge on any atom is 0.169 e. The Balaban J connectivity index is 1.95. The van der Waals surface area contributed by atoms with Crippen molar-refractivity contribution in [3.05, 3.63) is 53.3 Å². The monoisotopic (exact) mass is 324 g/mol. The molecular weight excluding hydrogens is 309 g/mol. The molecule has 3 nitrogen and oxygen atoms in total. The zero-order chi connectivity index (χ0) is 16.2. The quantitative estimate of drug-likeness (QED) is 0.726. The fraction of sp³-hybridized carbons (Fsp3) is 0.294. The van der Waals surface area contributed by atoms with E-state index in [4.69, 9.17) is 14.2 Å². The molecule has 0 aliphatic carbocycles. The van der Waals surface area contributed by atoms with Crippen molar-refractivity contribution in [1.82, 2.24) is 0 Å². The Morgan fingerprint density at radius 2 is 1.43 bits per heavy atom. The molecule has 0 radical (unpaired) electrons. The number of benzene rings is 2. The van der Waals surface area contributed by atoms with Gasteiger partial charge in [0, 0.05) is 6.07 Å². The molecule has 0 spiro atoms. The van der Waals surface area contributed by atoms with E-state index < -0.39 is 17.5 Å². The van der Waals surface area contributed by atoms with Gasteiger partial charge in [-0.15, -0.1) is 0 Å². The van der Waals surface area contributed by atoms with Crippen molar-refractivity contribution in [3.63, 3.8) is 0 Å². The molecule has 3 rings (SSSR count). The summed E-state index contributed by atoms with van der Waals surface area (Å²) in [5, 5.41) is 0. The number of hydrogen-bond donors (Lipinski definition) is 0. The molecule has 0 atom stereocenters. The first-order chi connectivity index (χ1) is 11.1. The highest BCUT2D eigenvalue weighted by Crippen LogP contribution is 2.31. The molecule has 2 aromatic carbocycles. The van der Waals surface area contributed by atoms with Crippen LogP contribution < -0.4 is 14.2 Å². The molecule has 23 heavy (non-hydrogen) atoms. The molecule has 0 N–H and O–H groups in total. The smallest absolute Gasteiger partial charge is 0.169 e. The number of ether oxygens (including phenoxy) is 3. The van der Waals surface area contributed by atoms with Crippen molar-refractivity contribution in [2.45, 2.75) is 19.4 Å². The van der Waals surface area contributed by atoms with Crippen LogP contribution in [0, 0.1) is 17.5 Å². The lowest BCUT2D eigenvalue weighted by molar-refractivity contribution is 0.224. The summed E-state index contributed by atoms with van der Waals surface area (Å²) in [5.41, 5.74) is -0.0131. The maximum absolute atomic E-state index is 14.0. The summed E-state index contributed by atoms with van der Waals surface area (Å²) in [6, 6.07) is 6.22. The van der Waals surface area contributed by atoms with Gasteiger partial charge in [-0.3, -0.25) is 0 Å². The van der Waals surface area contributed by atoms with E-state index in [2.05, 4.69) is 0 Å². The lowest BCUT2D eigenvalue weighted by atomic mass is 10.2. The summed E-state index contributed by atoms with van der Waals surface area (Å²) >= 11 is 0. The summed E-state index contributed by atoms with van der Waals surface area (Å²) in [4.78, 5) is 0. The third kappa shape index (κ3) is 3.52. The van der Waals surface area contributed by atoms with Crippen LogP contribution in [0.4, 0.5) is 13.2 Å². The average molecular weight is 324 g/mol. The Labute approximate surface area is 131 Å². The summed E-state index contributed by atoms with van der Waals surface area (Å²) in [5.74, 6) is -1.69. The molecule has 0 aromatic heterocycles. The first kappa shape index (κ1) is 15.5. The molecule has 6 heteroatoms. The van der Waals surface area contributed by atoms with Crippen LogP contribution in [-0.4, -0.2) is 13.2 Å². The van der Waals surface area contributed by atoms with Crippen LogP contribution in [0.1, 0.15) is 18.4 Å². The van der Waals surface area contributed by atoms with E-state index in [1.807, 2.05) is 0 Å². The maximum atomic E-state index is 14.0. The number of halogens is 3. The van der Waals surface area contributed by atoms with Gasteiger partial charge in [0.15, 0.2) is 23.1 Å². The largest absolute Gasteiger partial charge is 0.493 e. The average Bonchev–Trinajstić information content (AvgIpc) is 2.53. The number of hydrogen-bond acceptors (Lipinski definition) is 3. The van der Waals surface area contributed by atoms with Crippen molar-refractivity contribution >= 4 is 0 Å². The number of rotatable bonds is 0. The van der Waals surface area contributed by atoms with Gasteiger partial charge >= 0.3 is 0 Å². The van der Waals surface area contributed by atoms with Gasteiger partial charge < -0.3 is 14.2 Å². The highest BCUT2D eigenvalue weighted by Gasteiger charge is 2.17. The number of fused-ring (bicyclic) bond motifs is 2. The third-order valence-electron chi connectivity index (χ3n) is 3.48. The van der Waals surface area contributed by atoms with Gasteiger partial charge in [-0.25, -0.2) is 13.2 Å².